The van der Waals surface area contributed by atoms with Gasteiger partial charge in [0.1, 0.15) is 5.56 Å². The second kappa shape index (κ2) is 6.59. The monoisotopic (exact) mass is 351 g/mol. The Bertz CT molecular complexity index is 558. The van der Waals surface area contributed by atoms with E-state index in [9.17, 15) is 31.1 Å². The molecule has 4 nitrogen and oxygen atoms in total. The van der Waals surface area contributed by atoms with Gasteiger partial charge in [-0.05, 0) is 6.92 Å². The van der Waals surface area contributed by atoms with Crippen molar-refractivity contribution >= 4 is 17.6 Å². The summed E-state index contributed by atoms with van der Waals surface area (Å²) in [7, 11) is 0. The highest BCUT2D eigenvalue weighted by atomic mass is 35.5. The van der Waals surface area contributed by atoms with Crippen LogP contribution in [-0.4, -0.2) is 23.9 Å². The number of rotatable bonds is 4. The molecule has 0 atom stereocenters. The van der Waals surface area contributed by atoms with E-state index in [-0.39, 0.29) is 6.61 Å². The molecule has 0 unspecified atom stereocenters. The van der Waals surface area contributed by atoms with Crippen LogP contribution in [0.2, 0.25) is 0 Å². The summed E-state index contributed by atoms with van der Waals surface area (Å²) in [5.41, 5.74) is -3.93. The lowest BCUT2D eigenvalue weighted by Gasteiger charge is -2.19. The van der Waals surface area contributed by atoms with Crippen LogP contribution < -0.4 is 4.74 Å². The van der Waals surface area contributed by atoms with E-state index in [1.807, 2.05) is 0 Å². The van der Waals surface area contributed by atoms with E-state index in [0.717, 1.165) is 0 Å². The number of carbonyl (C=O) groups is 1. The maximum atomic E-state index is 13.1. The molecule has 0 N–H and O–H groups in total. The molecule has 1 aromatic heterocycles. The minimum atomic E-state index is -5.42. The maximum absolute atomic E-state index is 13.1. The Kier molecular flexibility index (Phi) is 5.49. The van der Waals surface area contributed by atoms with E-state index in [1.54, 1.807) is 0 Å². The van der Waals surface area contributed by atoms with Crippen LogP contribution in [0.4, 0.5) is 26.3 Å². The lowest BCUT2D eigenvalue weighted by Crippen LogP contribution is -2.24. The van der Waals surface area contributed by atoms with Crippen molar-refractivity contribution in [2.45, 2.75) is 25.3 Å². The minimum absolute atomic E-state index is 0.275. The normalized spacial score (nSPS) is 12.2. The Morgan fingerprint density at radius 1 is 1.27 bits per heavy atom. The van der Waals surface area contributed by atoms with E-state index in [1.165, 1.54) is 6.92 Å². The Morgan fingerprint density at radius 3 is 2.27 bits per heavy atom. The summed E-state index contributed by atoms with van der Waals surface area (Å²) in [5, 5.41) is 0. The molecule has 22 heavy (non-hydrogen) atoms. The van der Waals surface area contributed by atoms with Crippen molar-refractivity contribution in [1.82, 2.24) is 4.98 Å². The highest BCUT2D eigenvalue weighted by Crippen LogP contribution is 2.42. The number of carbonyl (C=O) groups excluding carboxylic acids is 1. The molecule has 0 saturated heterocycles. The molecule has 0 saturated carbocycles. The first kappa shape index (κ1) is 18.3. The molecule has 1 aromatic rings. The average molecular weight is 352 g/mol. The van der Waals surface area contributed by atoms with Gasteiger partial charge in [-0.2, -0.15) is 13.2 Å². The van der Waals surface area contributed by atoms with Crippen molar-refractivity contribution in [3.63, 3.8) is 0 Å². The molecule has 124 valence electrons. The SMILES string of the molecule is CCOC(=O)c1cnc(CCl)c(OC(F)(F)F)c1C(F)(F)F. The molecule has 0 bridgehead atoms. The van der Waals surface area contributed by atoms with E-state index in [2.05, 4.69) is 14.5 Å². The number of nitrogens with zero attached hydrogens (tertiary/aromatic N) is 1. The van der Waals surface area contributed by atoms with E-state index < -0.39 is 47.0 Å². The van der Waals surface area contributed by atoms with Crippen molar-refractivity contribution < 1.29 is 40.6 Å². The van der Waals surface area contributed by atoms with Crippen molar-refractivity contribution in [2.24, 2.45) is 0 Å². The van der Waals surface area contributed by atoms with Crippen LogP contribution in [0.5, 0.6) is 5.75 Å². The molecule has 0 aliphatic rings. The molecule has 0 amide bonds. The Hall–Kier alpha value is -1.71. The van der Waals surface area contributed by atoms with Crippen molar-refractivity contribution in [3.8, 4) is 5.75 Å². The van der Waals surface area contributed by atoms with Gasteiger partial charge >= 0.3 is 18.5 Å². The quantitative estimate of drug-likeness (QED) is 0.469. The predicted octanol–water partition coefficient (Wildman–Crippen LogP) is 3.91. The van der Waals surface area contributed by atoms with Crippen LogP contribution in [0.3, 0.4) is 0 Å². The van der Waals surface area contributed by atoms with Crippen molar-refractivity contribution in [2.75, 3.05) is 6.61 Å². The highest BCUT2D eigenvalue weighted by molar-refractivity contribution is 6.17. The van der Waals surface area contributed by atoms with Crippen molar-refractivity contribution in [3.05, 3.63) is 23.0 Å². The summed E-state index contributed by atoms with van der Waals surface area (Å²) >= 11 is 5.28. The summed E-state index contributed by atoms with van der Waals surface area (Å²) in [6.07, 6.45) is -10.3. The molecule has 0 aliphatic carbocycles. The summed E-state index contributed by atoms with van der Waals surface area (Å²) in [6.45, 7) is 1.04. The third kappa shape index (κ3) is 4.39. The van der Waals surface area contributed by atoms with Gasteiger partial charge in [0.15, 0.2) is 5.75 Å². The fourth-order valence-electron chi connectivity index (χ4n) is 1.50. The lowest BCUT2D eigenvalue weighted by atomic mass is 10.1. The van der Waals surface area contributed by atoms with Gasteiger partial charge in [0.05, 0.1) is 23.7 Å². The topological polar surface area (TPSA) is 48.4 Å². The van der Waals surface area contributed by atoms with Crippen LogP contribution >= 0.6 is 11.6 Å². The largest absolute Gasteiger partial charge is 0.573 e. The number of alkyl halides is 7. The second-order valence-electron chi connectivity index (χ2n) is 3.72. The average Bonchev–Trinajstić information content (AvgIpc) is 2.35. The van der Waals surface area contributed by atoms with Gasteiger partial charge in [-0.15, -0.1) is 24.8 Å². The van der Waals surface area contributed by atoms with Gasteiger partial charge in [0, 0.05) is 6.20 Å². The molecular formula is C11H8ClF6NO3. The van der Waals surface area contributed by atoms with Gasteiger partial charge in [-0.1, -0.05) is 0 Å². The lowest BCUT2D eigenvalue weighted by molar-refractivity contribution is -0.276. The minimum Gasteiger partial charge on any atom is -0.462 e. The van der Waals surface area contributed by atoms with E-state index in [0.29, 0.717) is 6.20 Å². The molecule has 0 aromatic carbocycles. The molecule has 1 rings (SSSR count). The van der Waals surface area contributed by atoms with Gasteiger partial charge in [0.2, 0.25) is 0 Å². The summed E-state index contributed by atoms with van der Waals surface area (Å²) < 4.78 is 84.0. The Morgan fingerprint density at radius 2 is 1.86 bits per heavy atom. The number of hydrogen-bond acceptors (Lipinski definition) is 4. The molecule has 11 heteroatoms. The third-order valence-corrected chi connectivity index (χ3v) is 2.48. The van der Waals surface area contributed by atoms with Crippen LogP contribution in [0.25, 0.3) is 0 Å². The zero-order valence-corrected chi connectivity index (χ0v) is 11.6. The van der Waals surface area contributed by atoms with Crippen LogP contribution in [0.15, 0.2) is 6.20 Å². The summed E-state index contributed by atoms with van der Waals surface area (Å²) in [6, 6.07) is 0. The number of hydrogen-bond donors (Lipinski definition) is 0. The van der Waals surface area contributed by atoms with Crippen LogP contribution in [0.1, 0.15) is 28.5 Å². The second-order valence-corrected chi connectivity index (χ2v) is 3.99. The maximum Gasteiger partial charge on any atom is 0.573 e. The van der Waals surface area contributed by atoms with Gasteiger partial charge in [0.25, 0.3) is 0 Å². The Labute approximate surface area is 125 Å². The van der Waals surface area contributed by atoms with Gasteiger partial charge in [-0.3, -0.25) is 4.98 Å². The summed E-state index contributed by atoms with van der Waals surface area (Å²) in [4.78, 5) is 14.8. The van der Waals surface area contributed by atoms with Crippen molar-refractivity contribution in [1.29, 1.82) is 0 Å². The number of ether oxygens (including phenoxy) is 2. The molecule has 0 radical (unpaired) electrons. The van der Waals surface area contributed by atoms with Crippen LogP contribution in [-0.2, 0) is 16.8 Å². The first-order valence-electron chi connectivity index (χ1n) is 5.59. The first-order valence-corrected chi connectivity index (χ1v) is 6.12. The summed E-state index contributed by atoms with van der Waals surface area (Å²) in [5.74, 6) is -3.92. The number of esters is 1. The van der Waals surface area contributed by atoms with E-state index in [4.69, 9.17) is 11.6 Å². The molecule has 0 fully saturated rings. The van der Waals surface area contributed by atoms with Crippen LogP contribution in [0, 0.1) is 0 Å². The number of pyridine rings is 1. The molecule has 0 spiro atoms. The molecular weight excluding hydrogens is 344 g/mol. The molecule has 0 aliphatic heterocycles. The van der Waals surface area contributed by atoms with E-state index >= 15 is 0 Å². The fraction of sp³-hybridized carbons (Fsp3) is 0.455. The number of halogens is 7. The Balaban J connectivity index is 3.61. The predicted molar refractivity (Wildman–Crippen MR) is 61.4 cm³/mol. The smallest absolute Gasteiger partial charge is 0.462 e. The fourth-order valence-corrected chi connectivity index (χ4v) is 1.69. The van der Waals surface area contributed by atoms with Gasteiger partial charge in [-0.25, -0.2) is 4.79 Å². The highest BCUT2D eigenvalue weighted by Gasteiger charge is 2.44. The zero-order valence-electron chi connectivity index (χ0n) is 10.8. The number of aromatic nitrogens is 1. The first-order chi connectivity index (χ1) is 10.0. The third-order valence-electron chi connectivity index (χ3n) is 2.23. The van der Waals surface area contributed by atoms with Gasteiger partial charge < -0.3 is 9.47 Å². The zero-order chi connectivity index (χ0) is 17.1. The molecule has 1 heterocycles. The standard InChI is InChI=1S/C11H8ClF6NO3/c1-2-21-9(20)5-4-19-6(3-12)8(22-11(16,17)18)7(5)10(13,14)15/h4H,2-3H2,1H3.